The van der Waals surface area contributed by atoms with Crippen LogP contribution in [0.15, 0.2) is 6.20 Å². The number of fused-ring (bicyclic) bond motifs is 1. The molecule has 6 nitrogen and oxygen atoms in total. The zero-order valence-corrected chi connectivity index (χ0v) is 9.98. The van der Waals surface area contributed by atoms with Crippen LogP contribution in [0.2, 0.25) is 0 Å². The third kappa shape index (κ3) is 2.14. The maximum Gasteiger partial charge on any atom is 0.294 e. The molecule has 1 atom stereocenters. The molecule has 0 aromatic carbocycles. The Morgan fingerprint density at radius 2 is 2.25 bits per heavy atom. The first-order chi connectivity index (χ1) is 7.74. The number of hydrogen-bond donors (Lipinski definition) is 3. The normalized spacial score (nSPS) is 13.1. The first-order valence-electron chi connectivity index (χ1n) is 4.83. The van der Waals surface area contributed by atoms with Gasteiger partial charge in [0, 0.05) is 11.2 Å². The second kappa shape index (κ2) is 4.75. The van der Waals surface area contributed by atoms with Crippen molar-refractivity contribution >= 4 is 27.2 Å². The molecule has 0 amide bonds. The van der Waals surface area contributed by atoms with Crippen molar-refractivity contribution in [1.82, 2.24) is 19.9 Å². The highest BCUT2D eigenvalue weighted by molar-refractivity contribution is 9.09. The molecular formula is C9H11BrN4O2. The lowest BCUT2D eigenvalue weighted by Crippen LogP contribution is -2.07. The number of aromatic nitrogens is 4. The van der Waals surface area contributed by atoms with Crippen molar-refractivity contribution in [2.75, 3.05) is 11.9 Å². The van der Waals surface area contributed by atoms with Crippen LogP contribution in [0.3, 0.4) is 0 Å². The van der Waals surface area contributed by atoms with Gasteiger partial charge in [0.15, 0.2) is 5.65 Å². The summed E-state index contributed by atoms with van der Waals surface area (Å²) < 4.78 is 0. The van der Waals surface area contributed by atoms with E-state index in [0.29, 0.717) is 17.0 Å². The molecule has 2 aromatic rings. The van der Waals surface area contributed by atoms with Crippen LogP contribution >= 0.6 is 15.9 Å². The fourth-order valence-electron chi connectivity index (χ4n) is 1.46. The van der Waals surface area contributed by atoms with Crippen molar-refractivity contribution < 1.29 is 10.2 Å². The molecule has 0 aliphatic heterocycles. The Morgan fingerprint density at radius 1 is 1.44 bits per heavy atom. The van der Waals surface area contributed by atoms with Gasteiger partial charge in [0.05, 0.1) is 18.5 Å². The van der Waals surface area contributed by atoms with Gasteiger partial charge < -0.3 is 10.2 Å². The van der Waals surface area contributed by atoms with E-state index >= 15 is 0 Å². The number of H-pyrrole nitrogens is 1. The quantitative estimate of drug-likeness (QED) is 0.727. The van der Waals surface area contributed by atoms with Gasteiger partial charge in [-0.15, -0.1) is 0 Å². The molecule has 7 heteroatoms. The van der Waals surface area contributed by atoms with Gasteiger partial charge in [-0.25, -0.2) is 9.97 Å². The first kappa shape index (κ1) is 11.3. The number of aliphatic hydroxyl groups excluding tert-OH is 1. The van der Waals surface area contributed by atoms with Gasteiger partial charge in [-0.05, 0) is 6.42 Å². The minimum atomic E-state index is -0.201. The second-order valence-electron chi connectivity index (χ2n) is 3.38. The molecule has 0 saturated carbocycles. The maximum absolute atomic E-state index is 9.22. The Labute approximate surface area is 99.9 Å². The van der Waals surface area contributed by atoms with Crippen LogP contribution in [0.25, 0.3) is 11.3 Å². The molecule has 0 aliphatic carbocycles. The van der Waals surface area contributed by atoms with E-state index in [9.17, 15) is 5.11 Å². The Kier molecular flexibility index (Phi) is 3.35. The predicted molar refractivity (Wildman–Crippen MR) is 61.6 cm³/mol. The zero-order chi connectivity index (χ0) is 11.5. The Morgan fingerprint density at radius 3 is 2.94 bits per heavy atom. The molecule has 0 bridgehead atoms. The van der Waals surface area contributed by atoms with E-state index in [1.54, 1.807) is 6.20 Å². The summed E-state index contributed by atoms with van der Waals surface area (Å²) in [5.41, 5.74) is 1.50. The fraction of sp³-hybridized carbons (Fsp3) is 0.444. The SMILES string of the molecule is OCC(CCBr)c1cnc2nc(O)[nH]c2n1. The van der Waals surface area contributed by atoms with Crippen molar-refractivity contribution in [2.45, 2.75) is 12.3 Å². The van der Waals surface area contributed by atoms with E-state index in [1.807, 2.05) is 0 Å². The molecular weight excluding hydrogens is 276 g/mol. The molecule has 1 unspecified atom stereocenters. The minimum absolute atomic E-state index is 0.0197. The molecule has 0 spiro atoms. The van der Waals surface area contributed by atoms with Crippen LogP contribution in [0.1, 0.15) is 18.0 Å². The summed E-state index contributed by atoms with van der Waals surface area (Å²) in [6.45, 7) is 0.0197. The third-order valence-electron chi connectivity index (χ3n) is 2.31. The van der Waals surface area contributed by atoms with Crippen LogP contribution in [-0.2, 0) is 0 Å². The summed E-state index contributed by atoms with van der Waals surface area (Å²) in [6.07, 6.45) is 2.35. The Balaban J connectivity index is 2.36. The smallest absolute Gasteiger partial charge is 0.294 e. The maximum atomic E-state index is 9.22. The van der Waals surface area contributed by atoms with Crippen molar-refractivity contribution in [3.05, 3.63) is 11.9 Å². The highest BCUT2D eigenvalue weighted by Gasteiger charge is 2.14. The van der Waals surface area contributed by atoms with Crippen LogP contribution in [0, 0.1) is 0 Å². The van der Waals surface area contributed by atoms with Crippen LogP contribution in [0.5, 0.6) is 6.01 Å². The first-order valence-corrected chi connectivity index (χ1v) is 5.95. The van der Waals surface area contributed by atoms with Crippen LogP contribution in [0.4, 0.5) is 0 Å². The Hall–Kier alpha value is -1.21. The zero-order valence-electron chi connectivity index (χ0n) is 8.39. The minimum Gasteiger partial charge on any atom is -0.480 e. The van der Waals surface area contributed by atoms with Gasteiger partial charge in [-0.2, -0.15) is 4.98 Å². The van der Waals surface area contributed by atoms with E-state index in [1.165, 1.54) is 0 Å². The van der Waals surface area contributed by atoms with E-state index < -0.39 is 0 Å². The van der Waals surface area contributed by atoms with E-state index in [2.05, 4.69) is 35.9 Å². The summed E-state index contributed by atoms with van der Waals surface area (Å²) in [5.74, 6) is -0.0540. The highest BCUT2D eigenvalue weighted by Crippen LogP contribution is 2.19. The third-order valence-corrected chi connectivity index (χ3v) is 2.77. The second-order valence-corrected chi connectivity index (χ2v) is 4.18. The number of halogens is 1. The topological polar surface area (TPSA) is 94.9 Å². The number of imidazole rings is 1. The number of aromatic amines is 1. The van der Waals surface area contributed by atoms with Crippen LogP contribution < -0.4 is 0 Å². The summed E-state index contributed by atoms with van der Waals surface area (Å²) in [7, 11) is 0. The number of aromatic hydroxyl groups is 1. The molecule has 2 heterocycles. The van der Waals surface area contributed by atoms with Crippen molar-refractivity contribution in [3.8, 4) is 6.01 Å². The number of hydrogen-bond acceptors (Lipinski definition) is 5. The van der Waals surface area contributed by atoms with Crippen molar-refractivity contribution in [2.24, 2.45) is 0 Å². The molecule has 86 valence electrons. The summed E-state index contributed by atoms with van der Waals surface area (Å²) in [6, 6.07) is -0.201. The number of aliphatic hydroxyl groups is 1. The summed E-state index contributed by atoms with van der Waals surface area (Å²) in [5, 5.41) is 19.2. The van der Waals surface area contributed by atoms with Crippen molar-refractivity contribution in [1.29, 1.82) is 0 Å². The Bertz CT molecular complexity index is 487. The van der Waals surface area contributed by atoms with Gasteiger partial charge in [0.1, 0.15) is 0 Å². The summed E-state index contributed by atoms with van der Waals surface area (Å²) in [4.78, 5) is 14.7. The van der Waals surface area contributed by atoms with Crippen LogP contribution in [-0.4, -0.2) is 42.1 Å². The molecule has 0 aliphatic rings. The molecule has 0 fully saturated rings. The molecule has 0 saturated heterocycles. The van der Waals surface area contributed by atoms with Gasteiger partial charge in [-0.1, -0.05) is 15.9 Å². The molecule has 3 N–H and O–H groups in total. The molecule has 2 rings (SSSR count). The summed E-state index contributed by atoms with van der Waals surface area (Å²) >= 11 is 3.32. The van der Waals surface area contributed by atoms with Gasteiger partial charge in [0.25, 0.3) is 6.01 Å². The molecule has 16 heavy (non-hydrogen) atoms. The van der Waals surface area contributed by atoms with Crippen molar-refractivity contribution in [3.63, 3.8) is 0 Å². The van der Waals surface area contributed by atoms with E-state index in [0.717, 1.165) is 11.8 Å². The highest BCUT2D eigenvalue weighted by atomic mass is 79.9. The fourth-order valence-corrected chi connectivity index (χ4v) is 2.01. The number of nitrogens with one attached hydrogen (secondary N) is 1. The largest absolute Gasteiger partial charge is 0.480 e. The van der Waals surface area contributed by atoms with Gasteiger partial charge in [-0.3, -0.25) is 4.98 Å². The average molecular weight is 287 g/mol. The lowest BCUT2D eigenvalue weighted by Gasteiger charge is -2.10. The van der Waals surface area contributed by atoms with E-state index in [-0.39, 0.29) is 18.5 Å². The number of alkyl halides is 1. The average Bonchev–Trinajstić information content (AvgIpc) is 2.64. The lowest BCUT2D eigenvalue weighted by molar-refractivity contribution is 0.261. The van der Waals surface area contributed by atoms with Gasteiger partial charge >= 0.3 is 0 Å². The van der Waals surface area contributed by atoms with Gasteiger partial charge in [0.2, 0.25) is 5.65 Å². The lowest BCUT2D eigenvalue weighted by atomic mass is 10.0. The molecule has 0 radical (unpaired) electrons. The molecule has 2 aromatic heterocycles. The standard InChI is InChI=1S/C9H11BrN4O2/c10-2-1-5(4-15)6-3-11-7-8(12-6)14-9(16)13-7/h3,5,15H,1-2,4H2,(H2,11,12,13,14,16). The number of rotatable bonds is 4. The predicted octanol–water partition coefficient (Wildman–Crippen LogP) is 0.919. The monoisotopic (exact) mass is 286 g/mol. The van der Waals surface area contributed by atoms with E-state index in [4.69, 9.17) is 5.11 Å². The number of nitrogens with zero attached hydrogens (tertiary/aromatic N) is 3.